The van der Waals surface area contributed by atoms with Gasteiger partial charge in [-0.25, -0.2) is 4.79 Å². The van der Waals surface area contributed by atoms with Crippen LogP contribution in [0.1, 0.15) is 65.9 Å². The summed E-state index contributed by atoms with van der Waals surface area (Å²) in [5, 5.41) is 3.22. The van der Waals surface area contributed by atoms with Crippen LogP contribution in [-0.4, -0.2) is 97.8 Å². The van der Waals surface area contributed by atoms with E-state index in [4.69, 9.17) is 26.4 Å². The number of esters is 1. The molecule has 1 aromatic carbocycles. The van der Waals surface area contributed by atoms with Crippen molar-refractivity contribution in [2.24, 2.45) is 17.8 Å². The Bertz CT molecular complexity index is 1050. The maximum Gasteiger partial charge on any atom is 0.328 e. The number of nitrogens with one attached hydrogen (secondary N) is 1. The number of rotatable bonds is 16. The first-order chi connectivity index (χ1) is 20.4. The van der Waals surface area contributed by atoms with Crippen molar-refractivity contribution < 1.29 is 28.6 Å². The van der Waals surface area contributed by atoms with E-state index in [9.17, 15) is 14.4 Å². The Balaban J connectivity index is 2.17. The number of likely N-dealkylation sites (N-methyl/N-ethyl adjacent to an activating group) is 1. The smallest absolute Gasteiger partial charge is 0.328 e. The van der Waals surface area contributed by atoms with Gasteiger partial charge in [0.2, 0.25) is 11.8 Å². The Morgan fingerprint density at radius 2 is 1.67 bits per heavy atom. The molecular weight excluding hydrogens is 566 g/mol. The Hall–Kier alpha value is -2.56. The standard InChI is InChI=1S/C33H53N3O6S/c1-21(2)18-28(37)35(6)30(22(3)4)27(40-7)20-29(38)36-17-13-16-26(36)31(41-8)23(5)32(43)34-25(33(39)42-9)19-24-14-11-10-12-15-24/h10-12,14-15,21-23,25-27,30-31H,13,16-20H2,1-9H3,(H,34,43)/t23-,25+,26+,27-,30+,31-/m1/s1. The van der Waals surface area contributed by atoms with E-state index in [0.717, 1.165) is 18.4 Å². The Morgan fingerprint density at radius 3 is 2.21 bits per heavy atom. The van der Waals surface area contributed by atoms with Gasteiger partial charge < -0.3 is 29.3 Å². The second-order valence-electron chi connectivity index (χ2n) is 12.4. The summed E-state index contributed by atoms with van der Waals surface area (Å²) in [7, 11) is 6.41. The number of carbonyl (C=O) groups is 3. The third-order valence-electron chi connectivity index (χ3n) is 8.43. The molecule has 1 aromatic rings. The summed E-state index contributed by atoms with van der Waals surface area (Å²) in [6, 6.07) is 8.62. The summed E-state index contributed by atoms with van der Waals surface area (Å²) in [4.78, 5) is 43.5. The highest BCUT2D eigenvalue weighted by Gasteiger charge is 2.41. The van der Waals surface area contributed by atoms with Gasteiger partial charge in [-0.1, -0.05) is 77.2 Å². The highest BCUT2D eigenvalue weighted by Crippen LogP contribution is 2.29. The first-order valence-corrected chi connectivity index (χ1v) is 15.8. The maximum absolute atomic E-state index is 13.8. The van der Waals surface area contributed by atoms with Gasteiger partial charge in [0, 0.05) is 46.6 Å². The molecule has 1 aliphatic rings. The van der Waals surface area contributed by atoms with Crippen LogP contribution in [-0.2, 0) is 35.0 Å². The van der Waals surface area contributed by atoms with Gasteiger partial charge in [0.25, 0.3) is 0 Å². The SMILES string of the molecule is COC(=O)[C@H](Cc1ccccc1)NC(=S)[C@H](C)[C@@H](OC)[C@@H]1CCCN1C(=O)C[C@@H](OC)[C@H](C(C)C)N(C)C(=O)CC(C)C. The number of carbonyl (C=O) groups excluding carboxylic acids is 3. The molecule has 0 aromatic heterocycles. The summed E-state index contributed by atoms with van der Waals surface area (Å²) in [5.74, 6) is -0.314. The molecule has 0 aliphatic carbocycles. The number of thiocarbonyl (C=S) groups is 1. The van der Waals surface area contributed by atoms with Crippen molar-refractivity contribution in [1.82, 2.24) is 15.1 Å². The van der Waals surface area contributed by atoms with E-state index in [2.05, 4.69) is 19.2 Å². The Labute approximate surface area is 264 Å². The summed E-state index contributed by atoms with van der Waals surface area (Å²) in [5.41, 5.74) is 0.987. The van der Waals surface area contributed by atoms with Crippen molar-refractivity contribution in [3.05, 3.63) is 35.9 Å². The molecule has 0 saturated carbocycles. The summed E-state index contributed by atoms with van der Waals surface area (Å²) in [6.07, 6.45) is 1.83. The lowest BCUT2D eigenvalue weighted by molar-refractivity contribution is -0.144. The van der Waals surface area contributed by atoms with Crippen molar-refractivity contribution in [2.75, 3.05) is 34.9 Å². The summed E-state index contributed by atoms with van der Waals surface area (Å²) >= 11 is 5.79. The van der Waals surface area contributed by atoms with E-state index < -0.39 is 18.1 Å². The number of benzene rings is 1. The topological polar surface area (TPSA) is 97.4 Å². The lowest BCUT2D eigenvalue weighted by Crippen LogP contribution is -2.53. The second-order valence-corrected chi connectivity index (χ2v) is 12.8. The minimum Gasteiger partial charge on any atom is -0.467 e. The molecule has 2 rings (SSSR count). The molecule has 1 aliphatic heterocycles. The molecule has 10 heteroatoms. The zero-order valence-electron chi connectivity index (χ0n) is 27.5. The van der Waals surface area contributed by atoms with Gasteiger partial charge in [0.1, 0.15) is 6.04 Å². The average molecular weight is 620 g/mol. The van der Waals surface area contributed by atoms with E-state index in [1.807, 2.05) is 56.0 Å². The molecule has 6 atom stereocenters. The maximum atomic E-state index is 13.8. The van der Waals surface area contributed by atoms with Crippen LogP contribution in [0.5, 0.6) is 0 Å². The van der Waals surface area contributed by atoms with Crippen LogP contribution in [0, 0.1) is 17.8 Å². The molecule has 242 valence electrons. The van der Waals surface area contributed by atoms with Gasteiger partial charge >= 0.3 is 5.97 Å². The van der Waals surface area contributed by atoms with E-state index in [0.29, 0.717) is 24.4 Å². The van der Waals surface area contributed by atoms with Gasteiger partial charge in [0.15, 0.2) is 0 Å². The van der Waals surface area contributed by atoms with E-state index in [1.54, 1.807) is 26.2 Å². The molecule has 0 bridgehead atoms. The third-order valence-corrected chi connectivity index (χ3v) is 8.92. The van der Waals surface area contributed by atoms with Gasteiger partial charge in [-0.05, 0) is 30.2 Å². The molecule has 1 N–H and O–H groups in total. The molecule has 0 radical (unpaired) electrons. The van der Waals surface area contributed by atoms with Gasteiger partial charge in [0.05, 0.1) is 42.8 Å². The van der Waals surface area contributed by atoms with Crippen LogP contribution in [0.2, 0.25) is 0 Å². The van der Waals surface area contributed by atoms with Gasteiger partial charge in [-0.2, -0.15) is 0 Å². The van der Waals surface area contributed by atoms with E-state index in [-0.39, 0.29) is 54.2 Å². The Morgan fingerprint density at radius 1 is 1.02 bits per heavy atom. The fourth-order valence-electron chi connectivity index (χ4n) is 6.19. The lowest BCUT2D eigenvalue weighted by atomic mass is 9.92. The number of likely N-dealkylation sites (tertiary alicyclic amines) is 1. The summed E-state index contributed by atoms with van der Waals surface area (Å²) < 4.78 is 16.9. The van der Waals surface area contributed by atoms with Gasteiger partial charge in [-0.3, -0.25) is 9.59 Å². The average Bonchev–Trinajstić information content (AvgIpc) is 3.45. The number of nitrogens with zero attached hydrogens (tertiary/aromatic N) is 2. The van der Waals surface area contributed by atoms with Crippen molar-refractivity contribution in [3.63, 3.8) is 0 Å². The molecule has 1 heterocycles. The number of ether oxygens (including phenoxy) is 3. The van der Waals surface area contributed by atoms with Crippen LogP contribution in [0.25, 0.3) is 0 Å². The first-order valence-electron chi connectivity index (χ1n) is 15.4. The zero-order valence-corrected chi connectivity index (χ0v) is 28.3. The van der Waals surface area contributed by atoms with Crippen LogP contribution in [0.4, 0.5) is 0 Å². The fourth-order valence-corrected chi connectivity index (χ4v) is 6.47. The highest BCUT2D eigenvalue weighted by atomic mass is 32.1. The summed E-state index contributed by atoms with van der Waals surface area (Å²) in [6.45, 7) is 10.7. The van der Waals surface area contributed by atoms with Gasteiger partial charge in [-0.15, -0.1) is 0 Å². The minimum absolute atomic E-state index is 0.0330. The van der Waals surface area contributed by atoms with Crippen LogP contribution in [0.3, 0.4) is 0 Å². The van der Waals surface area contributed by atoms with E-state index in [1.165, 1.54) is 7.11 Å². The second kappa shape index (κ2) is 17.7. The first kappa shape index (κ1) is 36.6. The third kappa shape index (κ3) is 10.3. The highest BCUT2D eigenvalue weighted by molar-refractivity contribution is 7.80. The van der Waals surface area contributed by atoms with Crippen molar-refractivity contribution in [1.29, 1.82) is 0 Å². The molecule has 1 fully saturated rings. The van der Waals surface area contributed by atoms with Crippen LogP contribution in [0.15, 0.2) is 30.3 Å². The molecule has 43 heavy (non-hydrogen) atoms. The lowest BCUT2D eigenvalue weighted by Gasteiger charge is -2.39. The number of hydrogen-bond donors (Lipinski definition) is 1. The van der Waals surface area contributed by atoms with E-state index >= 15 is 0 Å². The minimum atomic E-state index is -0.646. The molecule has 1 saturated heterocycles. The molecular formula is C33H53N3O6S. The number of methoxy groups -OCH3 is 3. The molecule has 9 nitrogen and oxygen atoms in total. The normalized spacial score (nSPS) is 18.6. The predicted octanol–water partition coefficient (Wildman–Crippen LogP) is 4.26. The molecule has 0 spiro atoms. The van der Waals surface area contributed by atoms with Crippen molar-refractivity contribution in [2.45, 2.75) is 97.1 Å². The Kier molecular flexibility index (Phi) is 15.0. The predicted molar refractivity (Wildman–Crippen MR) is 173 cm³/mol. The largest absolute Gasteiger partial charge is 0.467 e. The monoisotopic (exact) mass is 619 g/mol. The van der Waals surface area contributed by atoms with Crippen molar-refractivity contribution in [3.8, 4) is 0 Å². The fraction of sp³-hybridized carbons (Fsp3) is 0.697. The number of hydrogen-bond acceptors (Lipinski definition) is 7. The van der Waals surface area contributed by atoms with Crippen molar-refractivity contribution >= 4 is 35.0 Å². The molecule has 2 amide bonds. The van der Waals surface area contributed by atoms with Crippen LogP contribution >= 0.6 is 12.2 Å². The zero-order chi connectivity index (χ0) is 32.3. The molecule has 0 unspecified atom stereocenters. The van der Waals surface area contributed by atoms with Crippen LogP contribution < -0.4 is 5.32 Å². The quantitative estimate of drug-likeness (QED) is 0.217. The number of amides is 2.